The molecule has 2 aliphatic heterocycles. The van der Waals surface area contributed by atoms with E-state index in [1.165, 1.54) is 29.2 Å². The van der Waals surface area contributed by atoms with Gasteiger partial charge in [0.2, 0.25) is 17.6 Å². The van der Waals surface area contributed by atoms with Gasteiger partial charge in [-0.15, -0.1) is 0 Å². The largest absolute Gasteiger partial charge is 0.461 e. The molecule has 0 spiro atoms. The lowest BCUT2D eigenvalue weighted by atomic mass is 10.0. The van der Waals surface area contributed by atoms with Gasteiger partial charge in [0.05, 0.1) is 6.54 Å². The van der Waals surface area contributed by atoms with E-state index in [0.29, 0.717) is 55.9 Å². The molecule has 3 amide bonds. The summed E-state index contributed by atoms with van der Waals surface area (Å²) in [6, 6.07) is 12.9. The van der Waals surface area contributed by atoms with Gasteiger partial charge >= 0.3 is 6.18 Å². The topological polar surface area (TPSA) is 148 Å². The third-order valence-electron chi connectivity index (χ3n) is 8.24. The molecule has 48 heavy (non-hydrogen) atoms. The summed E-state index contributed by atoms with van der Waals surface area (Å²) in [6.45, 7) is 1.94. The molecule has 1 aromatic heterocycles. The summed E-state index contributed by atoms with van der Waals surface area (Å²) in [4.78, 5) is 55.9. The van der Waals surface area contributed by atoms with Crippen LogP contribution in [-0.4, -0.2) is 78.2 Å². The maximum Gasteiger partial charge on any atom is 0.405 e. The molecule has 3 N–H and O–H groups in total. The predicted molar refractivity (Wildman–Crippen MR) is 170 cm³/mol. The Morgan fingerprint density at radius 1 is 0.979 bits per heavy atom. The number of carbonyl (C=O) groups excluding carboxylic acids is 4. The zero-order valence-corrected chi connectivity index (χ0v) is 26.3. The molecule has 0 radical (unpaired) electrons. The standard InChI is InChI=1S/C34H35F3N6O5/c1-21-16-24-17-25(11-12-28(24)48-21)40-31(41-27-6-2-3-15-43(33(27)47)19-29(44)42-13-4-5-14-42)26(18-38)30(45)22-7-9-23(10-8-22)32(46)39-20-34(35,36)37/h7-12,16-17,27,40-41H,2-6,13-15,19-20H2,1H3,(H,39,46)/b31-26-/t27-/m0/s1. The maximum absolute atomic E-state index is 13.8. The molecule has 1 atom stereocenters. The number of rotatable bonds is 10. The highest BCUT2D eigenvalue weighted by Crippen LogP contribution is 2.25. The molecule has 0 unspecified atom stereocenters. The highest BCUT2D eigenvalue weighted by molar-refractivity contribution is 6.12. The van der Waals surface area contributed by atoms with Crippen molar-refractivity contribution in [1.29, 1.82) is 5.26 Å². The third kappa shape index (κ3) is 8.33. The molecule has 14 heteroatoms. The number of hydrogen-bond acceptors (Lipinski definition) is 8. The van der Waals surface area contributed by atoms with Gasteiger partial charge in [0.15, 0.2) is 0 Å². The second-order valence-corrected chi connectivity index (χ2v) is 11.8. The van der Waals surface area contributed by atoms with E-state index in [2.05, 4.69) is 10.6 Å². The lowest BCUT2D eigenvalue weighted by molar-refractivity contribution is -0.140. The Bertz CT molecular complexity index is 1770. The number of allylic oxidation sites excluding steroid dienone is 1. The van der Waals surface area contributed by atoms with Crippen LogP contribution in [0, 0.1) is 18.3 Å². The van der Waals surface area contributed by atoms with Crippen molar-refractivity contribution in [1.82, 2.24) is 20.4 Å². The van der Waals surface area contributed by atoms with Crippen molar-refractivity contribution >= 4 is 40.2 Å². The molecule has 3 aromatic rings. The zero-order valence-electron chi connectivity index (χ0n) is 26.3. The van der Waals surface area contributed by atoms with Crippen molar-refractivity contribution in [2.45, 2.75) is 51.2 Å². The number of nitrogens with zero attached hydrogens (tertiary/aromatic N) is 3. The minimum Gasteiger partial charge on any atom is -0.461 e. The zero-order chi connectivity index (χ0) is 34.4. The second-order valence-electron chi connectivity index (χ2n) is 11.8. The molecule has 0 bridgehead atoms. The number of hydrogen-bond donors (Lipinski definition) is 3. The minimum absolute atomic E-state index is 0.00837. The molecular weight excluding hydrogens is 629 g/mol. The molecule has 2 fully saturated rings. The molecule has 2 aromatic carbocycles. The summed E-state index contributed by atoms with van der Waals surface area (Å²) in [5, 5.41) is 19.0. The van der Waals surface area contributed by atoms with E-state index in [9.17, 15) is 37.6 Å². The summed E-state index contributed by atoms with van der Waals surface area (Å²) in [6.07, 6.45) is -1.03. The van der Waals surface area contributed by atoms with E-state index in [-0.39, 0.29) is 40.9 Å². The van der Waals surface area contributed by atoms with Gasteiger partial charge < -0.3 is 30.2 Å². The lowest BCUT2D eigenvalue weighted by Gasteiger charge is -2.28. The van der Waals surface area contributed by atoms with Gasteiger partial charge in [-0.3, -0.25) is 19.2 Å². The fourth-order valence-electron chi connectivity index (χ4n) is 5.79. The summed E-state index contributed by atoms with van der Waals surface area (Å²) in [5.41, 5.74) is 0.636. The van der Waals surface area contributed by atoms with Gasteiger partial charge in [0.25, 0.3) is 5.91 Å². The van der Waals surface area contributed by atoms with Crippen LogP contribution >= 0.6 is 0 Å². The number of nitriles is 1. The van der Waals surface area contributed by atoms with Crippen LogP contribution in [0.5, 0.6) is 0 Å². The first kappa shape index (κ1) is 34.0. The molecule has 5 rings (SSSR count). The first-order valence-electron chi connectivity index (χ1n) is 15.7. The molecular formula is C34H35F3N6O5. The number of alkyl halides is 3. The van der Waals surface area contributed by atoms with E-state index < -0.39 is 30.5 Å². The van der Waals surface area contributed by atoms with Crippen molar-refractivity contribution in [3.8, 4) is 6.07 Å². The van der Waals surface area contributed by atoms with E-state index in [4.69, 9.17) is 4.42 Å². The van der Waals surface area contributed by atoms with Crippen LogP contribution in [0.4, 0.5) is 18.9 Å². The molecule has 3 heterocycles. The van der Waals surface area contributed by atoms with Gasteiger partial charge in [-0.1, -0.05) is 12.1 Å². The Kier molecular flexibility index (Phi) is 10.4. The molecule has 0 saturated carbocycles. The van der Waals surface area contributed by atoms with E-state index in [1.807, 2.05) is 12.1 Å². The highest BCUT2D eigenvalue weighted by Gasteiger charge is 2.32. The second kappa shape index (κ2) is 14.6. The Hall–Kier alpha value is -5.32. The smallest absolute Gasteiger partial charge is 0.405 e. The molecule has 252 valence electrons. The number of ketones is 1. The number of furan rings is 1. The summed E-state index contributed by atoms with van der Waals surface area (Å²) >= 11 is 0. The summed E-state index contributed by atoms with van der Waals surface area (Å²) < 4.78 is 43.3. The molecule has 11 nitrogen and oxygen atoms in total. The number of aryl methyl sites for hydroxylation is 1. The van der Waals surface area contributed by atoms with E-state index in [1.54, 1.807) is 35.3 Å². The Morgan fingerprint density at radius 3 is 2.35 bits per heavy atom. The number of halogens is 3. The number of carbonyl (C=O) groups is 4. The number of nitrogens with one attached hydrogen (secondary N) is 3. The van der Waals surface area contributed by atoms with Crippen LogP contribution in [-0.2, 0) is 9.59 Å². The quantitative estimate of drug-likeness (QED) is 0.161. The number of fused-ring (bicyclic) bond motifs is 1. The van der Waals surface area contributed by atoms with Crippen molar-refractivity contribution < 1.29 is 36.8 Å². The van der Waals surface area contributed by atoms with Crippen LogP contribution in [0.25, 0.3) is 11.0 Å². The fraction of sp³-hybridized carbons (Fsp3) is 0.382. The summed E-state index contributed by atoms with van der Waals surface area (Å²) in [7, 11) is 0. The highest BCUT2D eigenvalue weighted by atomic mass is 19.4. The fourth-order valence-corrected chi connectivity index (χ4v) is 5.79. The molecule has 2 saturated heterocycles. The van der Waals surface area contributed by atoms with Crippen LogP contribution in [0.15, 0.2) is 64.3 Å². The van der Waals surface area contributed by atoms with Crippen LogP contribution in [0.2, 0.25) is 0 Å². The average molecular weight is 665 g/mol. The minimum atomic E-state index is -4.59. The van der Waals surface area contributed by atoms with Crippen molar-refractivity contribution in [2.75, 3.05) is 38.0 Å². The molecule has 0 aliphatic carbocycles. The van der Waals surface area contributed by atoms with Crippen LogP contribution in [0.1, 0.15) is 58.6 Å². The molecule has 2 aliphatic rings. The van der Waals surface area contributed by atoms with Gasteiger partial charge in [-0.25, -0.2) is 0 Å². The van der Waals surface area contributed by atoms with Gasteiger partial charge in [-0.05, 0) is 75.4 Å². The number of Topliss-reactive ketones (excluding diaryl/α,β-unsaturated/α-hetero) is 1. The first-order valence-corrected chi connectivity index (χ1v) is 15.7. The number of likely N-dealkylation sites (tertiary alicyclic amines) is 2. The normalized spacial score (nSPS) is 17.4. The monoisotopic (exact) mass is 664 g/mol. The first-order chi connectivity index (χ1) is 22.9. The van der Waals surface area contributed by atoms with Gasteiger partial charge in [0, 0.05) is 41.8 Å². The Balaban J connectivity index is 1.43. The Labute approximate surface area is 274 Å². The number of benzene rings is 2. The lowest BCUT2D eigenvalue weighted by Crippen LogP contribution is -2.49. The van der Waals surface area contributed by atoms with Crippen molar-refractivity contribution in [3.63, 3.8) is 0 Å². The summed E-state index contributed by atoms with van der Waals surface area (Å²) in [5.74, 6) is -1.54. The number of amides is 3. The number of anilines is 1. The van der Waals surface area contributed by atoms with Gasteiger partial charge in [-0.2, -0.15) is 18.4 Å². The predicted octanol–water partition coefficient (Wildman–Crippen LogP) is 4.66. The Morgan fingerprint density at radius 2 is 1.67 bits per heavy atom. The maximum atomic E-state index is 13.8. The van der Waals surface area contributed by atoms with Crippen LogP contribution in [0.3, 0.4) is 0 Å². The van der Waals surface area contributed by atoms with Crippen molar-refractivity contribution in [2.24, 2.45) is 0 Å². The van der Waals surface area contributed by atoms with Crippen LogP contribution < -0.4 is 16.0 Å². The average Bonchev–Trinajstić information content (AvgIpc) is 3.69. The van der Waals surface area contributed by atoms with E-state index >= 15 is 0 Å². The van der Waals surface area contributed by atoms with Gasteiger partial charge in [0.1, 0.15) is 41.4 Å². The SMILES string of the molecule is Cc1cc2cc(N/C(N[C@H]3CCCCN(CC(=O)N4CCCC4)C3=O)=C(\C#N)C(=O)c3ccc(C(=O)NCC(F)(F)F)cc3)ccc2o1. The third-order valence-corrected chi connectivity index (χ3v) is 8.24. The van der Waals surface area contributed by atoms with Crippen molar-refractivity contribution in [3.05, 3.63) is 76.8 Å². The van der Waals surface area contributed by atoms with E-state index in [0.717, 1.165) is 18.2 Å².